The van der Waals surface area contributed by atoms with Crippen LogP contribution < -0.4 is 15.0 Å². The third-order valence-corrected chi connectivity index (χ3v) is 2.99. The van der Waals surface area contributed by atoms with Gasteiger partial charge in [0.15, 0.2) is 0 Å². The van der Waals surface area contributed by atoms with Gasteiger partial charge in [-0.15, -0.1) is 0 Å². The molecule has 2 N–H and O–H groups in total. The summed E-state index contributed by atoms with van der Waals surface area (Å²) in [7, 11) is 0. The van der Waals surface area contributed by atoms with Gasteiger partial charge < -0.3 is 9.47 Å². The second kappa shape index (κ2) is 7.90. The first-order chi connectivity index (χ1) is 9.88. The Morgan fingerprint density at radius 2 is 1.86 bits per heavy atom. The highest BCUT2D eigenvalue weighted by molar-refractivity contribution is 7.78. The lowest BCUT2D eigenvalue weighted by molar-refractivity contribution is -0.131. The van der Waals surface area contributed by atoms with Crippen molar-refractivity contribution in [3.8, 4) is 5.75 Å². The Balaban J connectivity index is 3.01. The molecule has 0 radical (unpaired) electrons. The van der Waals surface area contributed by atoms with Gasteiger partial charge in [0.2, 0.25) is 0 Å². The van der Waals surface area contributed by atoms with E-state index < -0.39 is 12.2 Å². The van der Waals surface area contributed by atoms with Gasteiger partial charge in [0.25, 0.3) is 0 Å². The molecule has 1 unspecified atom stereocenters. The maximum Gasteiger partial charge on any atom is 0.422 e. The zero-order valence-electron chi connectivity index (χ0n) is 12.5. The van der Waals surface area contributed by atoms with Crippen molar-refractivity contribution in [2.75, 3.05) is 0 Å². The summed E-state index contributed by atoms with van der Waals surface area (Å²) in [6.45, 7) is 6.96. The number of thiol groups is 1. The van der Waals surface area contributed by atoms with E-state index >= 15 is 0 Å². The van der Waals surface area contributed by atoms with E-state index in [1.165, 1.54) is 6.92 Å². The zero-order valence-corrected chi connectivity index (χ0v) is 13.4. The van der Waals surface area contributed by atoms with Gasteiger partial charge >= 0.3 is 12.1 Å². The summed E-state index contributed by atoms with van der Waals surface area (Å²) in [5.74, 6) is 0.180. The van der Waals surface area contributed by atoms with Crippen molar-refractivity contribution in [2.45, 2.75) is 40.2 Å². The number of hydrazine groups is 1. The fraction of sp³-hybridized carbons (Fsp3) is 0.429. The topological polar surface area (TPSA) is 76.7 Å². The van der Waals surface area contributed by atoms with Gasteiger partial charge in [-0.2, -0.15) is 4.83 Å². The summed E-state index contributed by atoms with van der Waals surface area (Å²) >= 11 is 3.67. The van der Waals surface area contributed by atoms with E-state index in [9.17, 15) is 9.59 Å². The minimum atomic E-state index is -0.615. The fourth-order valence-electron chi connectivity index (χ4n) is 2.07. The average molecular weight is 312 g/mol. The van der Waals surface area contributed by atoms with Crippen LogP contribution in [-0.4, -0.2) is 12.1 Å². The molecule has 0 saturated carbocycles. The van der Waals surface area contributed by atoms with Crippen LogP contribution in [0.3, 0.4) is 0 Å². The first-order valence-electron chi connectivity index (χ1n) is 6.54. The van der Waals surface area contributed by atoms with Gasteiger partial charge in [0.1, 0.15) is 11.9 Å². The lowest BCUT2D eigenvalue weighted by atomic mass is 10.0. The number of nitrogens with one attached hydrogen (secondary N) is 2. The number of ether oxygens (including phenoxy) is 2. The minimum Gasteiger partial charge on any atom is -0.440 e. The summed E-state index contributed by atoms with van der Waals surface area (Å²) < 4.78 is 10.5. The monoisotopic (exact) mass is 312 g/mol. The van der Waals surface area contributed by atoms with Gasteiger partial charge in [-0.3, -0.25) is 4.79 Å². The van der Waals surface area contributed by atoms with Crippen molar-refractivity contribution in [1.82, 2.24) is 10.3 Å². The number of hydrogen-bond acceptors (Lipinski definition) is 6. The lowest BCUT2D eigenvalue weighted by Gasteiger charge is -2.19. The van der Waals surface area contributed by atoms with E-state index in [4.69, 9.17) is 9.47 Å². The van der Waals surface area contributed by atoms with Crippen molar-refractivity contribution in [3.05, 3.63) is 28.8 Å². The third-order valence-electron chi connectivity index (χ3n) is 2.88. The maximum atomic E-state index is 11.5. The number of amides is 1. The summed E-state index contributed by atoms with van der Waals surface area (Å²) in [6, 6.07) is 3.70. The zero-order chi connectivity index (χ0) is 16.0. The molecule has 0 saturated heterocycles. The van der Waals surface area contributed by atoms with Crippen molar-refractivity contribution < 1.29 is 19.1 Å². The van der Waals surface area contributed by atoms with Crippen molar-refractivity contribution in [1.29, 1.82) is 0 Å². The van der Waals surface area contributed by atoms with Crippen LogP contribution >= 0.6 is 12.8 Å². The Morgan fingerprint density at radius 3 is 2.29 bits per heavy atom. The Kier molecular flexibility index (Phi) is 6.51. The molecule has 0 spiro atoms. The fourth-order valence-corrected chi connectivity index (χ4v) is 2.16. The van der Waals surface area contributed by atoms with E-state index in [0.29, 0.717) is 12.2 Å². The van der Waals surface area contributed by atoms with Crippen molar-refractivity contribution >= 4 is 24.9 Å². The standard InChI is InChI=1S/C14H20N2O4S/c1-5-12(20-14(18)15-16-21)11-6-8(2)13(9(3)7-11)19-10(4)17/h6-7,12,16,21H,5H2,1-4H3,(H,15,18). The molecule has 21 heavy (non-hydrogen) atoms. The highest BCUT2D eigenvalue weighted by atomic mass is 32.1. The quantitative estimate of drug-likeness (QED) is 0.337. The molecule has 7 heteroatoms. The average Bonchev–Trinajstić information content (AvgIpc) is 2.40. The van der Waals surface area contributed by atoms with E-state index in [0.717, 1.165) is 16.7 Å². The molecule has 0 aliphatic heterocycles. The van der Waals surface area contributed by atoms with E-state index in [1.807, 2.05) is 32.9 Å². The number of rotatable bonds is 5. The highest BCUT2D eigenvalue weighted by Gasteiger charge is 2.18. The Labute approximate surface area is 129 Å². The number of hydrogen-bond donors (Lipinski definition) is 3. The van der Waals surface area contributed by atoms with E-state index in [-0.39, 0.29) is 5.97 Å². The predicted octanol–water partition coefficient (Wildman–Crippen LogP) is 2.76. The molecule has 1 atom stereocenters. The molecule has 1 aromatic rings. The van der Waals surface area contributed by atoms with Crippen LogP contribution in [-0.2, 0) is 9.53 Å². The molecule has 0 aromatic heterocycles. The molecule has 1 rings (SSSR count). The molecule has 0 heterocycles. The van der Waals surface area contributed by atoms with Crippen LogP contribution in [0.25, 0.3) is 0 Å². The molecule has 6 nitrogen and oxygen atoms in total. The number of carbonyl (C=O) groups is 2. The molecule has 1 amide bonds. The van der Waals surface area contributed by atoms with Crippen LogP contribution in [0, 0.1) is 13.8 Å². The molecule has 0 fully saturated rings. The van der Waals surface area contributed by atoms with Crippen molar-refractivity contribution in [2.24, 2.45) is 0 Å². The maximum absolute atomic E-state index is 11.5. The number of benzene rings is 1. The van der Waals surface area contributed by atoms with Crippen LogP contribution in [0.2, 0.25) is 0 Å². The largest absolute Gasteiger partial charge is 0.440 e. The molecule has 0 bridgehead atoms. The lowest BCUT2D eigenvalue weighted by Crippen LogP contribution is -2.32. The van der Waals surface area contributed by atoms with Gasteiger partial charge in [0, 0.05) is 6.92 Å². The van der Waals surface area contributed by atoms with E-state index in [1.54, 1.807) is 0 Å². The smallest absolute Gasteiger partial charge is 0.422 e. The molecule has 116 valence electrons. The molecule has 1 aromatic carbocycles. The van der Waals surface area contributed by atoms with Crippen LogP contribution in [0.5, 0.6) is 5.75 Å². The molecular weight excluding hydrogens is 292 g/mol. The Hall–Kier alpha value is -1.73. The molecule has 0 aliphatic carbocycles. The van der Waals surface area contributed by atoms with Gasteiger partial charge in [-0.05, 0) is 49.1 Å². The summed E-state index contributed by atoms with van der Waals surface area (Å²) in [4.78, 5) is 24.8. The van der Waals surface area contributed by atoms with Gasteiger partial charge in [-0.25, -0.2) is 10.2 Å². The first-order valence-corrected chi connectivity index (χ1v) is 6.99. The predicted molar refractivity (Wildman–Crippen MR) is 82.0 cm³/mol. The van der Waals surface area contributed by atoms with Crippen LogP contribution in [0.15, 0.2) is 12.1 Å². The minimum absolute atomic E-state index is 0.364. The van der Waals surface area contributed by atoms with Crippen LogP contribution in [0.4, 0.5) is 4.79 Å². The summed E-state index contributed by atoms with van der Waals surface area (Å²) in [6.07, 6.45) is -0.391. The van der Waals surface area contributed by atoms with Crippen LogP contribution in [0.1, 0.15) is 43.1 Å². The van der Waals surface area contributed by atoms with E-state index in [2.05, 4.69) is 23.1 Å². The highest BCUT2D eigenvalue weighted by Crippen LogP contribution is 2.30. The SMILES string of the molecule is CCC(OC(=O)NNS)c1cc(C)c(OC(C)=O)c(C)c1. The number of carbonyl (C=O) groups excluding carboxylic acids is 2. The van der Waals surface area contributed by atoms with Gasteiger partial charge in [-0.1, -0.05) is 19.7 Å². The van der Waals surface area contributed by atoms with Crippen molar-refractivity contribution in [3.63, 3.8) is 0 Å². The number of esters is 1. The Bertz CT molecular complexity index is 511. The third kappa shape index (κ3) is 4.95. The van der Waals surface area contributed by atoms with Gasteiger partial charge in [0.05, 0.1) is 0 Å². The molecular formula is C14H20N2O4S. The Morgan fingerprint density at radius 1 is 1.29 bits per heavy atom. The summed E-state index contributed by atoms with van der Waals surface area (Å²) in [5.41, 5.74) is 4.71. The number of aryl methyl sites for hydroxylation is 2. The first kappa shape index (κ1) is 17.3. The second-order valence-corrected chi connectivity index (χ2v) is 4.84. The second-order valence-electron chi connectivity index (χ2n) is 4.62. The summed E-state index contributed by atoms with van der Waals surface area (Å²) in [5, 5.41) is 0. The normalized spacial score (nSPS) is 11.7. The molecule has 0 aliphatic rings.